The molecule has 3 rings (SSSR count). The highest BCUT2D eigenvalue weighted by atomic mass is 19.2. The van der Waals surface area contributed by atoms with Gasteiger partial charge in [-0.05, 0) is 68.1 Å². The molecule has 5 atom stereocenters. The molecule has 0 amide bonds. The number of hydrogen-bond donors (Lipinski definition) is 0. The summed E-state index contributed by atoms with van der Waals surface area (Å²) in [5, 5.41) is 0. The fraction of sp³-hybridized carbons (Fsp3) is 0.684. The van der Waals surface area contributed by atoms with E-state index in [1.54, 1.807) is 0 Å². The molecule has 2 fully saturated rings. The standard InChI is InChI=1S/C19H23F5/c1-2-3-12-10-19(24)7-6-11(4-5-14(19)17(12)22)13-8-15(20)18(23)16(21)9-13/h8-9,11-12,14,17H,2-7,10H2,1H3. The van der Waals surface area contributed by atoms with Crippen LogP contribution in [0, 0.1) is 29.3 Å². The molecular weight excluding hydrogens is 323 g/mol. The van der Waals surface area contributed by atoms with Crippen LogP contribution in [-0.2, 0) is 0 Å². The predicted octanol–water partition coefficient (Wildman–Crippen LogP) is 6.24. The van der Waals surface area contributed by atoms with Crippen molar-refractivity contribution >= 4 is 0 Å². The van der Waals surface area contributed by atoms with Gasteiger partial charge < -0.3 is 0 Å². The van der Waals surface area contributed by atoms with Crippen molar-refractivity contribution in [3.05, 3.63) is 35.1 Å². The Bertz CT molecular complexity index is 578. The van der Waals surface area contributed by atoms with E-state index in [1.165, 1.54) is 0 Å². The second kappa shape index (κ2) is 6.64. The third-order valence-electron chi connectivity index (χ3n) is 5.97. The molecule has 0 aromatic heterocycles. The van der Waals surface area contributed by atoms with E-state index in [1.807, 2.05) is 6.92 Å². The Kier molecular flexibility index (Phi) is 4.89. The first kappa shape index (κ1) is 17.7. The molecule has 0 bridgehead atoms. The smallest absolute Gasteiger partial charge is 0.194 e. The highest BCUT2D eigenvalue weighted by molar-refractivity contribution is 5.24. The van der Waals surface area contributed by atoms with Gasteiger partial charge in [-0.1, -0.05) is 13.3 Å². The molecule has 0 saturated heterocycles. The molecule has 5 unspecified atom stereocenters. The van der Waals surface area contributed by atoms with Crippen molar-refractivity contribution in [1.82, 2.24) is 0 Å². The summed E-state index contributed by atoms with van der Waals surface area (Å²) in [5.74, 6) is -5.05. The second-order valence-electron chi connectivity index (χ2n) is 7.45. The van der Waals surface area contributed by atoms with Crippen LogP contribution in [0.1, 0.15) is 63.4 Å². The first-order valence-electron chi connectivity index (χ1n) is 8.83. The molecule has 2 aliphatic rings. The Morgan fingerprint density at radius 3 is 2.38 bits per heavy atom. The van der Waals surface area contributed by atoms with Crippen LogP contribution in [-0.4, -0.2) is 11.8 Å². The average Bonchev–Trinajstić information content (AvgIpc) is 2.68. The number of halogens is 5. The number of benzene rings is 1. The lowest BCUT2D eigenvalue weighted by Gasteiger charge is -2.25. The lowest BCUT2D eigenvalue weighted by atomic mass is 9.88. The van der Waals surface area contributed by atoms with Crippen molar-refractivity contribution in [3.63, 3.8) is 0 Å². The maximum absolute atomic E-state index is 15.3. The fourth-order valence-corrected chi connectivity index (χ4v) is 4.73. The fourth-order valence-electron chi connectivity index (χ4n) is 4.73. The summed E-state index contributed by atoms with van der Waals surface area (Å²) >= 11 is 0. The minimum atomic E-state index is -1.52. The quantitative estimate of drug-likeness (QED) is 0.449. The topological polar surface area (TPSA) is 0 Å². The molecule has 24 heavy (non-hydrogen) atoms. The van der Waals surface area contributed by atoms with E-state index in [2.05, 4.69) is 0 Å². The lowest BCUT2D eigenvalue weighted by molar-refractivity contribution is 0.0728. The Hall–Kier alpha value is -1.13. The molecule has 0 nitrogen and oxygen atoms in total. The van der Waals surface area contributed by atoms with Crippen molar-refractivity contribution in [3.8, 4) is 0 Å². The van der Waals surface area contributed by atoms with Gasteiger partial charge in [-0.3, -0.25) is 0 Å². The van der Waals surface area contributed by atoms with E-state index in [0.717, 1.165) is 18.6 Å². The largest absolute Gasteiger partial charge is 0.247 e. The molecule has 0 radical (unpaired) electrons. The van der Waals surface area contributed by atoms with E-state index in [-0.39, 0.29) is 24.7 Å². The Morgan fingerprint density at radius 1 is 1.08 bits per heavy atom. The van der Waals surface area contributed by atoms with Crippen molar-refractivity contribution in [2.75, 3.05) is 0 Å². The van der Waals surface area contributed by atoms with Gasteiger partial charge in [0, 0.05) is 5.92 Å². The molecular formula is C19H23F5. The maximum Gasteiger partial charge on any atom is 0.194 e. The van der Waals surface area contributed by atoms with Crippen molar-refractivity contribution in [2.24, 2.45) is 11.8 Å². The predicted molar refractivity (Wildman–Crippen MR) is 82.8 cm³/mol. The summed E-state index contributed by atoms with van der Waals surface area (Å²) < 4.78 is 70.0. The van der Waals surface area contributed by atoms with Crippen molar-refractivity contribution in [2.45, 2.75) is 69.6 Å². The van der Waals surface area contributed by atoms with Gasteiger partial charge in [0.15, 0.2) is 17.5 Å². The number of alkyl halides is 2. The molecule has 0 aliphatic heterocycles. The molecule has 0 spiro atoms. The molecule has 2 saturated carbocycles. The van der Waals surface area contributed by atoms with Crippen LogP contribution in [0.3, 0.4) is 0 Å². The van der Waals surface area contributed by atoms with Gasteiger partial charge in [0.05, 0.1) is 0 Å². The van der Waals surface area contributed by atoms with Crippen LogP contribution in [0.25, 0.3) is 0 Å². The Balaban J connectivity index is 1.78. The van der Waals surface area contributed by atoms with Crippen molar-refractivity contribution in [1.29, 1.82) is 0 Å². The van der Waals surface area contributed by atoms with Crippen LogP contribution >= 0.6 is 0 Å². The minimum Gasteiger partial charge on any atom is -0.247 e. The highest BCUT2D eigenvalue weighted by Gasteiger charge is 2.54. The molecule has 2 aliphatic carbocycles. The molecule has 5 heteroatoms. The summed E-state index contributed by atoms with van der Waals surface area (Å²) in [5.41, 5.74) is -1.18. The van der Waals surface area contributed by atoms with E-state index < -0.39 is 35.2 Å². The summed E-state index contributed by atoms with van der Waals surface area (Å²) in [6.07, 6.45) is 2.07. The van der Waals surface area contributed by atoms with E-state index >= 15 is 4.39 Å². The Morgan fingerprint density at radius 2 is 1.75 bits per heavy atom. The monoisotopic (exact) mass is 346 g/mol. The Labute approximate surface area is 139 Å². The SMILES string of the molecule is CCCC1CC2(F)CCC(c3cc(F)c(F)c(F)c3)CCC2C1F. The van der Waals surface area contributed by atoms with Gasteiger partial charge in [-0.15, -0.1) is 0 Å². The summed E-state index contributed by atoms with van der Waals surface area (Å²) in [6.45, 7) is 1.97. The zero-order valence-corrected chi connectivity index (χ0v) is 13.8. The zero-order chi connectivity index (χ0) is 17.5. The molecule has 0 N–H and O–H groups in total. The van der Waals surface area contributed by atoms with E-state index in [9.17, 15) is 17.6 Å². The first-order valence-corrected chi connectivity index (χ1v) is 8.83. The van der Waals surface area contributed by atoms with Crippen LogP contribution in [0.4, 0.5) is 22.0 Å². The third-order valence-corrected chi connectivity index (χ3v) is 5.97. The van der Waals surface area contributed by atoms with Gasteiger partial charge in [0.25, 0.3) is 0 Å². The van der Waals surface area contributed by atoms with Gasteiger partial charge >= 0.3 is 0 Å². The van der Waals surface area contributed by atoms with E-state index in [4.69, 9.17) is 0 Å². The van der Waals surface area contributed by atoms with Gasteiger partial charge in [0.1, 0.15) is 11.8 Å². The third kappa shape index (κ3) is 3.06. The van der Waals surface area contributed by atoms with Gasteiger partial charge in [0.2, 0.25) is 0 Å². The number of fused-ring (bicyclic) bond motifs is 1. The van der Waals surface area contributed by atoms with Gasteiger partial charge in [-0.2, -0.15) is 0 Å². The molecule has 134 valence electrons. The second-order valence-corrected chi connectivity index (χ2v) is 7.45. The highest BCUT2D eigenvalue weighted by Crippen LogP contribution is 2.54. The van der Waals surface area contributed by atoms with Crippen LogP contribution < -0.4 is 0 Å². The average molecular weight is 346 g/mol. The summed E-state index contributed by atoms with van der Waals surface area (Å²) in [7, 11) is 0. The molecule has 1 aromatic carbocycles. The maximum atomic E-state index is 15.3. The van der Waals surface area contributed by atoms with Crippen molar-refractivity contribution < 1.29 is 22.0 Å². The molecule has 1 aromatic rings. The normalized spacial score (nSPS) is 36.4. The minimum absolute atomic E-state index is 0.198. The summed E-state index contributed by atoms with van der Waals surface area (Å²) in [6, 6.07) is 1.98. The number of rotatable bonds is 3. The molecule has 0 heterocycles. The van der Waals surface area contributed by atoms with Gasteiger partial charge in [-0.25, -0.2) is 22.0 Å². The number of hydrogen-bond acceptors (Lipinski definition) is 0. The van der Waals surface area contributed by atoms with Crippen LogP contribution in [0.5, 0.6) is 0 Å². The van der Waals surface area contributed by atoms with E-state index in [0.29, 0.717) is 31.2 Å². The first-order chi connectivity index (χ1) is 11.4. The lowest BCUT2D eigenvalue weighted by Crippen LogP contribution is -2.30. The summed E-state index contributed by atoms with van der Waals surface area (Å²) in [4.78, 5) is 0. The van der Waals surface area contributed by atoms with Crippen LogP contribution in [0.2, 0.25) is 0 Å². The van der Waals surface area contributed by atoms with Crippen LogP contribution in [0.15, 0.2) is 12.1 Å². The zero-order valence-electron chi connectivity index (χ0n) is 13.8.